The van der Waals surface area contributed by atoms with E-state index in [0.29, 0.717) is 6.04 Å². The van der Waals surface area contributed by atoms with E-state index in [1.165, 1.54) is 5.75 Å². The summed E-state index contributed by atoms with van der Waals surface area (Å²) in [5.74, 6) is 2.24. The lowest BCUT2D eigenvalue weighted by molar-refractivity contribution is 0.171. The summed E-state index contributed by atoms with van der Waals surface area (Å²) in [6.07, 6.45) is 1.10. The molecular formula is C8H17NOS. The van der Waals surface area contributed by atoms with Crippen molar-refractivity contribution >= 4 is 11.8 Å². The molecule has 0 aromatic carbocycles. The van der Waals surface area contributed by atoms with E-state index < -0.39 is 0 Å². The second kappa shape index (κ2) is 3.78. The van der Waals surface area contributed by atoms with Gasteiger partial charge in [-0.15, -0.1) is 0 Å². The first-order valence-corrected chi connectivity index (χ1v) is 5.30. The second-order valence-electron chi connectivity index (χ2n) is 3.54. The molecule has 1 atom stereocenters. The van der Waals surface area contributed by atoms with E-state index in [0.717, 1.165) is 12.2 Å². The van der Waals surface area contributed by atoms with Crippen LogP contribution in [0.3, 0.4) is 0 Å². The van der Waals surface area contributed by atoms with Crippen molar-refractivity contribution in [2.45, 2.75) is 31.8 Å². The van der Waals surface area contributed by atoms with Gasteiger partial charge in [0.05, 0.1) is 12.1 Å². The highest BCUT2D eigenvalue weighted by atomic mass is 32.2. The van der Waals surface area contributed by atoms with Crippen LogP contribution in [0.25, 0.3) is 0 Å². The van der Waals surface area contributed by atoms with E-state index in [4.69, 9.17) is 0 Å². The molecule has 0 aromatic rings. The fourth-order valence-electron chi connectivity index (χ4n) is 1.50. The Morgan fingerprint density at radius 1 is 1.64 bits per heavy atom. The average molecular weight is 175 g/mol. The standard InChI is InChI=1S/C8H17NOS/c1-7(2)9-8(5-10)3-4-11-6-8/h7,9-10H,3-6H2,1-2H3. The summed E-state index contributed by atoms with van der Waals surface area (Å²) in [7, 11) is 0. The number of aliphatic hydroxyl groups excluding tert-OH is 1. The first-order valence-electron chi connectivity index (χ1n) is 4.15. The molecule has 0 radical (unpaired) electrons. The van der Waals surface area contributed by atoms with E-state index in [-0.39, 0.29) is 12.1 Å². The summed E-state index contributed by atoms with van der Waals surface area (Å²) >= 11 is 1.93. The molecule has 2 nitrogen and oxygen atoms in total. The number of nitrogens with one attached hydrogen (secondary N) is 1. The van der Waals surface area contributed by atoms with Crippen molar-refractivity contribution in [3.8, 4) is 0 Å². The zero-order chi connectivity index (χ0) is 8.32. The van der Waals surface area contributed by atoms with Gasteiger partial charge in [-0.1, -0.05) is 13.8 Å². The molecule has 0 aromatic heterocycles. The van der Waals surface area contributed by atoms with Crippen LogP contribution in [0.15, 0.2) is 0 Å². The van der Waals surface area contributed by atoms with Gasteiger partial charge in [0.15, 0.2) is 0 Å². The van der Waals surface area contributed by atoms with Gasteiger partial charge in [-0.2, -0.15) is 11.8 Å². The SMILES string of the molecule is CC(C)NC1(CO)CCSC1. The smallest absolute Gasteiger partial charge is 0.0621 e. The van der Waals surface area contributed by atoms with E-state index in [2.05, 4.69) is 19.2 Å². The Hall–Kier alpha value is 0.270. The van der Waals surface area contributed by atoms with Crippen LogP contribution in [-0.4, -0.2) is 34.8 Å². The summed E-state index contributed by atoms with van der Waals surface area (Å²) in [6, 6.07) is 0.473. The summed E-state index contributed by atoms with van der Waals surface area (Å²) < 4.78 is 0. The molecule has 0 spiro atoms. The topological polar surface area (TPSA) is 32.3 Å². The number of thioether (sulfide) groups is 1. The molecule has 11 heavy (non-hydrogen) atoms. The van der Waals surface area contributed by atoms with Gasteiger partial charge in [-0.05, 0) is 12.2 Å². The highest BCUT2D eigenvalue weighted by Gasteiger charge is 2.33. The number of aliphatic hydroxyl groups is 1. The molecule has 1 fully saturated rings. The van der Waals surface area contributed by atoms with Crippen molar-refractivity contribution in [3.63, 3.8) is 0 Å². The van der Waals surface area contributed by atoms with Gasteiger partial charge in [0.2, 0.25) is 0 Å². The molecule has 1 saturated heterocycles. The molecule has 1 aliphatic rings. The van der Waals surface area contributed by atoms with Crippen molar-refractivity contribution in [1.29, 1.82) is 0 Å². The van der Waals surface area contributed by atoms with Crippen molar-refractivity contribution in [2.24, 2.45) is 0 Å². The highest BCUT2D eigenvalue weighted by Crippen LogP contribution is 2.27. The minimum atomic E-state index is 0.0266. The first kappa shape index (κ1) is 9.36. The molecule has 1 heterocycles. The van der Waals surface area contributed by atoms with Crippen LogP contribution in [0.2, 0.25) is 0 Å². The quantitative estimate of drug-likeness (QED) is 0.667. The van der Waals surface area contributed by atoms with Gasteiger partial charge < -0.3 is 10.4 Å². The Labute approximate surface area is 72.8 Å². The lowest BCUT2D eigenvalue weighted by Gasteiger charge is -2.29. The number of rotatable bonds is 3. The van der Waals surface area contributed by atoms with Crippen LogP contribution in [0.5, 0.6) is 0 Å². The average Bonchev–Trinajstić information content (AvgIpc) is 2.36. The van der Waals surface area contributed by atoms with Gasteiger partial charge in [0.1, 0.15) is 0 Å². The maximum Gasteiger partial charge on any atom is 0.0621 e. The van der Waals surface area contributed by atoms with Crippen molar-refractivity contribution in [3.05, 3.63) is 0 Å². The van der Waals surface area contributed by atoms with Crippen molar-refractivity contribution in [2.75, 3.05) is 18.1 Å². The molecule has 0 saturated carbocycles. The van der Waals surface area contributed by atoms with Crippen LogP contribution in [-0.2, 0) is 0 Å². The molecular weight excluding hydrogens is 158 g/mol. The first-order chi connectivity index (χ1) is 5.18. The molecule has 0 amide bonds. The summed E-state index contributed by atoms with van der Waals surface area (Å²) in [5.41, 5.74) is 0.0266. The fourth-order valence-corrected chi connectivity index (χ4v) is 2.89. The summed E-state index contributed by atoms with van der Waals surface area (Å²) in [6.45, 7) is 4.53. The van der Waals surface area contributed by atoms with Crippen LogP contribution in [0, 0.1) is 0 Å². The number of hydrogen-bond donors (Lipinski definition) is 2. The predicted octanol–water partition coefficient (Wildman–Crippen LogP) is 0.852. The van der Waals surface area contributed by atoms with Crippen molar-refractivity contribution in [1.82, 2.24) is 5.32 Å². The largest absolute Gasteiger partial charge is 0.394 e. The van der Waals surface area contributed by atoms with Crippen LogP contribution >= 0.6 is 11.8 Å². The van der Waals surface area contributed by atoms with E-state index >= 15 is 0 Å². The molecule has 1 rings (SSSR count). The molecule has 3 heteroatoms. The van der Waals surface area contributed by atoms with Gasteiger partial charge in [0.25, 0.3) is 0 Å². The van der Waals surface area contributed by atoms with E-state index in [9.17, 15) is 5.11 Å². The molecule has 1 unspecified atom stereocenters. The molecule has 2 N–H and O–H groups in total. The minimum Gasteiger partial charge on any atom is -0.394 e. The third-order valence-corrected chi connectivity index (χ3v) is 3.25. The minimum absolute atomic E-state index is 0.0266. The predicted molar refractivity (Wildman–Crippen MR) is 50.0 cm³/mol. The normalized spacial score (nSPS) is 31.6. The van der Waals surface area contributed by atoms with Gasteiger partial charge in [0, 0.05) is 11.8 Å². The third-order valence-electron chi connectivity index (χ3n) is 2.00. The van der Waals surface area contributed by atoms with Crippen molar-refractivity contribution < 1.29 is 5.11 Å². The Bertz CT molecular complexity index is 121. The second-order valence-corrected chi connectivity index (χ2v) is 4.65. The molecule has 0 bridgehead atoms. The van der Waals surface area contributed by atoms with Crippen LogP contribution in [0.1, 0.15) is 20.3 Å². The molecule has 0 aliphatic carbocycles. The monoisotopic (exact) mass is 175 g/mol. The zero-order valence-electron chi connectivity index (χ0n) is 7.26. The Kier molecular flexibility index (Phi) is 3.22. The van der Waals surface area contributed by atoms with Crippen LogP contribution in [0.4, 0.5) is 0 Å². The fraction of sp³-hybridized carbons (Fsp3) is 1.00. The Morgan fingerprint density at radius 3 is 2.73 bits per heavy atom. The molecule has 66 valence electrons. The maximum atomic E-state index is 9.19. The molecule has 1 aliphatic heterocycles. The van der Waals surface area contributed by atoms with E-state index in [1.807, 2.05) is 11.8 Å². The Morgan fingerprint density at radius 2 is 2.36 bits per heavy atom. The summed E-state index contributed by atoms with van der Waals surface area (Å²) in [5, 5.41) is 12.6. The lowest BCUT2D eigenvalue weighted by Crippen LogP contribution is -2.51. The zero-order valence-corrected chi connectivity index (χ0v) is 8.08. The lowest BCUT2D eigenvalue weighted by atomic mass is 9.99. The van der Waals surface area contributed by atoms with E-state index in [1.54, 1.807) is 0 Å². The highest BCUT2D eigenvalue weighted by molar-refractivity contribution is 7.99. The van der Waals surface area contributed by atoms with Gasteiger partial charge in [-0.3, -0.25) is 0 Å². The number of hydrogen-bond acceptors (Lipinski definition) is 3. The van der Waals surface area contributed by atoms with Gasteiger partial charge >= 0.3 is 0 Å². The van der Waals surface area contributed by atoms with Crippen LogP contribution < -0.4 is 5.32 Å². The Balaban J connectivity index is 2.45. The maximum absolute atomic E-state index is 9.19. The third kappa shape index (κ3) is 2.36. The van der Waals surface area contributed by atoms with Gasteiger partial charge in [-0.25, -0.2) is 0 Å². The summed E-state index contributed by atoms with van der Waals surface area (Å²) in [4.78, 5) is 0.